The van der Waals surface area contributed by atoms with Crippen LogP contribution in [0.5, 0.6) is 5.75 Å². The van der Waals surface area contributed by atoms with Crippen LogP contribution in [0.25, 0.3) is 0 Å². The number of hydrogen-bond acceptors (Lipinski definition) is 5. The Hall–Kier alpha value is -2.91. The predicted octanol–water partition coefficient (Wildman–Crippen LogP) is 3.12. The molecule has 2 atom stereocenters. The van der Waals surface area contributed by atoms with Crippen LogP contribution < -0.4 is 15.4 Å². The number of ether oxygens (including phenoxy) is 1. The maximum absolute atomic E-state index is 13.0. The number of sulfonamides is 1. The van der Waals surface area contributed by atoms with Crippen molar-refractivity contribution in [2.75, 3.05) is 31.6 Å². The Balaban J connectivity index is 1.65. The molecule has 0 aromatic heterocycles. The molecule has 9 heteroatoms. The summed E-state index contributed by atoms with van der Waals surface area (Å²) in [5.74, 6) is 0.477. The number of piperidine rings is 1. The highest BCUT2D eigenvalue weighted by Gasteiger charge is 2.31. The van der Waals surface area contributed by atoms with Crippen molar-refractivity contribution >= 4 is 27.5 Å². The van der Waals surface area contributed by atoms with E-state index in [-0.39, 0.29) is 23.3 Å². The van der Waals surface area contributed by atoms with Gasteiger partial charge in [-0.15, -0.1) is 0 Å². The van der Waals surface area contributed by atoms with Crippen molar-refractivity contribution in [3.05, 3.63) is 54.1 Å². The molecule has 1 saturated heterocycles. The minimum absolute atomic E-state index is 0.115. The van der Waals surface area contributed by atoms with E-state index in [2.05, 4.69) is 24.5 Å². The van der Waals surface area contributed by atoms with Crippen molar-refractivity contribution in [3.63, 3.8) is 0 Å². The molecule has 1 fully saturated rings. The Morgan fingerprint density at radius 1 is 1.06 bits per heavy atom. The van der Waals surface area contributed by atoms with Gasteiger partial charge < -0.3 is 15.4 Å². The number of rotatable bonds is 8. The topological polar surface area (TPSA) is 105 Å². The molecule has 0 saturated carbocycles. The molecule has 2 aromatic rings. The molecule has 2 amide bonds. The van der Waals surface area contributed by atoms with E-state index in [0.717, 1.165) is 6.42 Å². The fraction of sp³-hybridized carbons (Fsp3) is 0.417. The Bertz CT molecular complexity index is 1080. The van der Waals surface area contributed by atoms with Gasteiger partial charge in [-0.1, -0.05) is 19.9 Å². The summed E-state index contributed by atoms with van der Waals surface area (Å²) < 4.78 is 33.0. The van der Waals surface area contributed by atoms with Gasteiger partial charge in [0, 0.05) is 37.0 Å². The second-order valence-corrected chi connectivity index (χ2v) is 10.5. The minimum atomic E-state index is -3.60. The fourth-order valence-electron chi connectivity index (χ4n) is 3.99. The molecule has 1 heterocycles. The largest absolute Gasteiger partial charge is 0.484 e. The fourth-order valence-corrected chi connectivity index (χ4v) is 5.67. The number of likely N-dealkylation sites (N-methyl/N-ethyl adjacent to an activating group) is 1. The SMILES string of the molecule is CCNC(=O)COc1cccc(NC(=O)c2ccc(S(=O)(=O)N3CC(C)CC(C)C3)cc2)c1. The van der Waals surface area contributed by atoms with Crippen LogP contribution in [0.2, 0.25) is 0 Å². The second-order valence-electron chi connectivity index (χ2n) is 8.52. The van der Waals surface area contributed by atoms with Gasteiger partial charge in [-0.05, 0) is 61.6 Å². The minimum Gasteiger partial charge on any atom is -0.484 e. The summed E-state index contributed by atoms with van der Waals surface area (Å²) in [4.78, 5) is 24.4. The van der Waals surface area contributed by atoms with Gasteiger partial charge in [0.25, 0.3) is 11.8 Å². The number of hydrogen-bond donors (Lipinski definition) is 2. The smallest absolute Gasteiger partial charge is 0.257 e. The molecule has 2 N–H and O–H groups in total. The number of anilines is 1. The van der Waals surface area contributed by atoms with Gasteiger partial charge in [0.15, 0.2) is 6.61 Å². The summed E-state index contributed by atoms with van der Waals surface area (Å²) in [6.45, 7) is 7.37. The molecule has 33 heavy (non-hydrogen) atoms. The summed E-state index contributed by atoms with van der Waals surface area (Å²) in [5.41, 5.74) is 0.837. The average molecular weight is 474 g/mol. The lowest BCUT2D eigenvalue weighted by Crippen LogP contribution is -2.42. The van der Waals surface area contributed by atoms with Crippen LogP contribution in [0.3, 0.4) is 0 Å². The van der Waals surface area contributed by atoms with E-state index in [1.807, 2.05) is 6.92 Å². The zero-order chi connectivity index (χ0) is 24.0. The first-order chi connectivity index (χ1) is 15.7. The molecule has 0 spiro atoms. The van der Waals surface area contributed by atoms with E-state index in [1.165, 1.54) is 28.6 Å². The van der Waals surface area contributed by atoms with Gasteiger partial charge in [0.05, 0.1) is 4.90 Å². The molecule has 178 valence electrons. The molecule has 1 aliphatic rings. The summed E-state index contributed by atoms with van der Waals surface area (Å²) in [7, 11) is -3.60. The van der Waals surface area contributed by atoms with E-state index in [4.69, 9.17) is 4.74 Å². The Kier molecular flexibility index (Phi) is 8.10. The van der Waals surface area contributed by atoms with E-state index in [1.54, 1.807) is 24.3 Å². The van der Waals surface area contributed by atoms with Crippen molar-refractivity contribution < 1.29 is 22.7 Å². The Morgan fingerprint density at radius 3 is 2.36 bits per heavy atom. The van der Waals surface area contributed by atoms with E-state index in [9.17, 15) is 18.0 Å². The third kappa shape index (κ3) is 6.55. The first-order valence-electron chi connectivity index (χ1n) is 11.1. The standard InChI is InChI=1S/C24H31N3O5S/c1-4-25-23(28)16-32-21-7-5-6-20(13-21)26-24(29)19-8-10-22(11-9-19)33(30,31)27-14-17(2)12-18(3)15-27/h5-11,13,17-18H,4,12,14-16H2,1-3H3,(H,25,28)(H,26,29). The number of carbonyl (C=O) groups excluding carboxylic acids is 2. The van der Waals surface area contributed by atoms with Crippen LogP contribution in [0.4, 0.5) is 5.69 Å². The van der Waals surface area contributed by atoms with Crippen LogP contribution in [0, 0.1) is 11.8 Å². The number of nitrogens with one attached hydrogen (secondary N) is 2. The average Bonchev–Trinajstić information content (AvgIpc) is 2.77. The number of carbonyl (C=O) groups is 2. The molecule has 0 radical (unpaired) electrons. The summed E-state index contributed by atoms with van der Waals surface area (Å²) in [6.07, 6.45) is 1.02. The van der Waals surface area contributed by atoms with Gasteiger partial charge in [0.2, 0.25) is 10.0 Å². The van der Waals surface area contributed by atoms with Gasteiger partial charge in [-0.2, -0.15) is 4.31 Å². The molecule has 2 unspecified atom stereocenters. The highest BCUT2D eigenvalue weighted by atomic mass is 32.2. The molecular formula is C24H31N3O5S. The molecule has 2 aromatic carbocycles. The first kappa shape index (κ1) is 24.7. The Morgan fingerprint density at radius 2 is 1.73 bits per heavy atom. The first-order valence-corrected chi connectivity index (χ1v) is 12.5. The third-order valence-electron chi connectivity index (χ3n) is 5.43. The lowest BCUT2D eigenvalue weighted by molar-refractivity contribution is -0.122. The molecule has 0 bridgehead atoms. The van der Waals surface area contributed by atoms with Crippen molar-refractivity contribution in [2.24, 2.45) is 11.8 Å². The normalized spacial score (nSPS) is 19.0. The van der Waals surface area contributed by atoms with Crippen LogP contribution in [-0.4, -0.2) is 50.8 Å². The lowest BCUT2D eigenvalue weighted by atomic mass is 9.94. The quantitative estimate of drug-likeness (QED) is 0.613. The monoisotopic (exact) mass is 473 g/mol. The van der Waals surface area contributed by atoms with Crippen molar-refractivity contribution in [1.29, 1.82) is 0 Å². The predicted molar refractivity (Wildman–Crippen MR) is 127 cm³/mol. The lowest BCUT2D eigenvalue weighted by Gasteiger charge is -2.34. The van der Waals surface area contributed by atoms with E-state index < -0.39 is 10.0 Å². The number of nitrogens with zero attached hydrogens (tertiary/aromatic N) is 1. The molecule has 1 aliphatic heterocycles. The summed E-state index contributed by atoms with van der Waals surface area (Å²) in [5, 5.41) is 5.41. The highest BCUT2D eigenvalue weighted by molar-refractivity contribution is 7.89. The molecular weight excluding hydrogens is 442 g/mol. The summed E-state index contributed by atoms with van der Waals surface area (Å²) in [6, 6.07) is 12.7. The van der Waals surface area contributed by atoms with E-state index in [0.29, 0.717) is 48.5 Å². The van der Waals surface area contributed by atoms with Crippen molar-refractivity contribution in [1.82, 2.24) is 9.62 Å². The van der Waals surface area contributed by atoms with Crippen LogP contribution in [0.1, 0.15) is 37.6 Å². The number of amides is 2. The number of benzene rings is 2. The molecule has 3 rings (SSSR count). The summed E-state index contributed by atoms with van der Waals surface area (Å²) >= 11 is 0. The molecule has 8 nitrogen and oxygen atoms in total. The maximum Gasteiger partial charge on any atom is 0.257 e. The van der Waals surface area contributed by atoms with Crippen LogP contribution in [0.15, 0.2) is 53.4 Å². The van der Waals surface area contributed by atoms with Gasteiger partial charge in [0.1, 0.15) is 5.75 Å². The van der Waals surface area contributed by atoms with Crippen LogP contribution in [-0.2, 0) is 14.8 Å². The second kappa shape index (κ2) is 10.8. The maximum atomic E-state index is 13.0. The van der Waals surface area contributed by atoms with Gasteiger partial charge in [-0.25, -0.2) is 8.42 Å². The Labute approximate surface area is 195 Å². The van der Waals surface area contributed by atoms with Gasteiger partial charge >= 0.3 is 0 Å². The van der Waals surface area contributed by atoms with Crippen molar-refractivity contribution in [2.45, 2.75) is 32.1 Å². The molecule has 0 aliphatic carbocycles. The van der Waals surface area contributed by atoms with Gasteiger partial charge in [-0.3, -0.25) is 9.59 Å². The zero-order valence-corrected chi connectivity index (χ0v) is 20.0. The van der Waals surface area contributed by atoms with Crippen LogP contribution >= 0.6 is 0 Å². The third-order valence-corrected chi connectivity index (χ3v) is 7.27. The van der Waals surface area contributed by atoms with Crippen molar-refractivity contribution in [3.8, 4) is 5.75 Å². The zero-order valence-electron chi connectivity index (χ0n) is 19.2. The highest BCUT2D eigenvalue weighted by Crippen LogP contribution is 2.27. The van der Waals surface area contributed by atoms with E-state index >= 15 is 0 Å².